The fourth-order valence-corrected chi connectivity index (χ4v) is 3.31. The van der Waals surface area contributed by atoms with Gasteiger partial charge in [-0.15, -0.1) is 0 Å². The lowest BCUT2D eigenvalue weighted by atomic mass is 9.84. The smallest absolute Gasteiger partial charge is 0.0741 e. The Morgan fingerprint density at radius 1 is 1.10 bits per heavy atom. The van der Waals surface area contributed by atoms with E-state index in [0.717, 1.165) is 77.6 Å². The Balaban J connectivity index is 1.28. The molecule has 0 radical (unpaired) electrons. The van der Waals surface area contributed by atoms with Crippen LogP contribution in [0.1, 0.15) is 44.9 Å². The van der Waals surface area contributed by atoms with Crippen LogP contribution in [-0.4, -0.2) is 51.2 Å². The molecule has 1 spiro atoms. The highest BCUT2D eigenvalue weighted by Gasteiger charge is 2.38. The highest BCUT2D eigenvalue weighted by atomic mass is 16.5. The quantitative estimate of drug-likeness (QED) is 0.727. The molecular weight excluding hydrogens is 254 g/mol. The van der Waals surface area contributed by atoms with Crippen LogP contribution in [0.5, 0.6) is 0 Å². The fourth-order valence-electron chi connectivity index (χ4n) is 3.31. The van der Waals surface area contributed by atoms with Gasteiger partial charge in [0.15, 0.2) is 0 Å². The monoisotopic (exact) mass is 283 g/mol. The van der Waals surface area contributed by atoms with Crippen LogP contribution < -0.4 is 5.32 Å². The molecule has 116 valence electrons. The molecule has 1 saturated carbocycles. The lowest BCUT2D eigenvalue weighted by molar-refractivity contribution is -0.140. The molecule has 1 N–H and O–H groups in total. The van der Waals surface area contributed by atoms with Gasteiger partial charge in [-0.25, -0.2) is 0 Å². The Hall–Kier alpha value is -0.160. The SMILES string of the molecule is C(CNC1CCOC2(CCOCC2)C1)COCC1CC1. The summed E-state index contributed by atoms with van der Waals surface area (Å²) in [5.74, 6) is 0.881. The minimum Gasteiger partial charge on any atom is -0.381 e. The van der Waals surface area contributed by atoms with Gasteiger partial charge in [0.2, 0.25) is 0 Å². The van der Waals surface area contributed by atoms with Crippen molar-refractivity contribution in [1.82, 2.24) is 5.32 Å². The molecule has 3 aliphatic rings. The summed E-state index contributed by atoms with van der Waals surface area (Å²) in [7, 11) is 0. The normalized spacial score (nSPS) is 29.7. The van der Waals surface area contributed by atoms with Crippen molar-refractivity contribution >= 4 is 0 Å². The Bertz CT molecular complexity index is 282. The third-order valence-electron chi connectivity index (χ3n) is 4.85. The Kier molecular flexibility index (Phi) is 5.32. The lowest BCUT2D eigenvalue weighted by Gasteiger charge is -2.43. The zero-order valence-corrected chi connectivity index (χ0v) is 12.6. The highest BCUT2D eigenvalue weighted by Crippen LogP contribution is 2.34. The summed E-state index contributed by atoms with van der Waals surface area (Å²) in [5.41, 5.74) is 0.108. The molecule has 0 aromatic rings. The van der Waals surface area contributed by atoms with Crippen LogP contribution in [0.3, 0.4) is 0 Å². The van der Waals surface area contributed by atoms with Crippen molar-refractivity contribution in [2.24, 2.45) is 5.92 Å². The standard InChI is InChI=1S/C16H29NO3/c1(8-19-13-14-2-3-14)7-17-15-4-9-20-16(12-15)5-10-18-11-6-16/h14-15,17H,1-13H2. The second-order valence-corrected chi connectivity index (χ2v) is 6.66. The van der Waals surface area contributed by atoms with Crippen LogP contribution in [0.2, 0.25) is 0 Å². The van der Waals surface area contributed by atoms with E-state index in [9.17, 15) is 0 Å². The van der Waals surface area contributed by atoms with Gasteiger partial charge in [0.25, 0.3) is 0 Å². The average molecular weight is 283 g/mol. The second kappa shape index (κ2) is 7.21. The summed E-state index contributed by atoms with van der Waals surface area (Å²) in [6.45, 7) is 5.59. The van der Waals surface area contributed by atoms with E-state index in [4.69, 9.17) is 14.2 Å². The summed E-state index contributed by atoms with van der Waals surface area (Å²) < 4.78 is 17.2. The first-order chi connectivity index (χ1) is 9.86. The molecule has 1 unspecified atom stereocenters. The van der Waals surface area contributed by atoms with E-state index in [1.165, 1.54) is 12.8 Å². The van der Waals surface area contributed by atoms with Crippen molar-refractivity contribution < 1.29 is 14.2 Å². The van der Waals surface area contributed by atoms with Crippen molar-refractivity contribution in [3.63, 3.8) is 0 Å². The number of hydrogen-bond acceptors (Lipinski definition) is 4. The molecule has 4 heteroatoms. The van der Waals surface area contributed by atoms with Gasteiger partial charge in [0, 0.05) is 39.1 Å². The van der Waals surface area contributed by atoms with Crippen LogP contribution in [-0.2, 0) is 14.2 Å². The van der Waals surface area contributed by atoms with Gasteiger partial charge < -0.3 is 19.5 Å². The zero-order chi connectivity index (χ0) is 13.7. The average Bonchev–Trinajstić information content (AvgIpc) is 3.28. The predicted octanol–water partition coefficient (Wildman–Crippen LogP) is 2.12. The maximum absolute atomic E-state index is 6.07. The second-order valence-electron chi connectivity index (χ2n) is 6.66. The van der Waals surface area contributed by atoms with Crippen LogP contribution in [0.4, 0.5) is 0 Å². The lowest BCUT2D eigenvalue weighted by Crippen LogP contribution is -2.50. The molecule has 3 rings (SSSR count). The number of rotatable bonds is 7. The molecule has 0 bridgehead atoms. The maximum Gasteiger partial charge on any atom is 0.0741 e. The van der Waals surface area contributed by atoms with E-state index in [-0.39, 0.29) is 5.60 Å². The van der Waals surface area contributed by atoms with E-state index < -0.39 is 0 Å². The number of nitrogens with one attached hydrogen (secondary N) is 1. The highest BCUT2D eigenvalue weighted by molar-refractivity contribution is 4.91. The van der Waals surface area contributed by atoms with Gasteiger partial charge in [-0.2, -0.15) is 0 Å². The van der Waals surface area contributed by atoms with Crippen molar-refractivity contribution in [2.45, 2.75) is 56.6 Å². The Labute approximate surface area is 122 Å². The molecule has 4 nitrogen and oxygen atoms in total. The largest absolute Gasteiger partial charge is 0.381 e. The van der Waals surface area contributed by atoms with Crippen LogP contribution in [0, 0.1) is 5.92 Å². The van der Waals surface area contributed by atoms with Crippen LogP contribution in [0.25, 0.3) is 0 Å². The molecule has 0 aromatic heterocycles. The zero-order valence-electron chi connectivity index (χ0n) is 12.6. The van der Waals surface area contributed by atoms with Crippen molar-refractivity contribution in [2.75, 3.05) is 39.6 Å². The van der Waals surface area contributed by atoms with Gasteiger partial charge in [0.1, 0.15) is 0 Å². The molecule has 3 fully saturated rings. The summed E-state index contributed by atoms with van der Waals surface area (Å²) >= 11 is 0. The first kappa shape index (κ1) is 14.8. The molecule has 1 atom stereocenters. The molecule has 2 saturated heterocycles. The van der Waals surface area contributed by atoms with Crippen molar-refractivity contribution in [3.05, 3.63) is 0 Å². The maximum atomic E-state index is 6.07. The van der Waals surface area contributed by atoms with E-state index >= 15 is 0 Å². The molecule has 2 aliphatic heterocycles. The van der Waals surface area contributed by atoms with Crippen molar-refractivity contribution in [1.29, 1.82) is 0 Å². The molecule has 0 aromatic carbocycles. The summed E-state index contributed by atoms with van der Waals surface area (Å²) in [6, 6.07) is 0.616. The first-order valence-corrected chi connectivity index (χ1v) is 8.39. The minimum absolute atomic E-state index is 0.108. The van der Waals surface area contributed by atoms with Gasteiger partial charge >= 0.3 is 0 Å². The van der Waals surface area contributed by atoms with E-state index in [1.807, 2.05) is 0 Å². The van der Waals surface area contributed by atoms with Gasteiger partial charge in [-0.05, 0) is 57.4 Å². The van der Waals surface area contributed by atoms with E-state index in [0.29, 0.717) is 6.04 Å². The fraction of sp³-hybridized carbons (Fsp3) is 1.00. The summed E-state index contributed by atoms with van der Waals surface area (Å²) in [5, 5.41) is 3.70. The predicted molar refractivity (Wildman–Crippen MR) is 77.9 cm³/mol. The number of hydrogen-bond donors (Lipinski definition) is 1. The third-order valence-corrected chi connectivity index (χ3v) is 4.85. The first-order valence-electron chi connectivity index (χ1n) is 8.39. The van der Waals surface area contributed by atoms with Gasteiger partial charge in [0.05, 0.1) is 5.60 Å². The van der Waals surface area contributed by atoms with Crippen LogP contribution >= 0.6 is 0 Å². The topological polar surface area (TPSA) is 39.7 Å². The molecule has 0 amide bonds. The van der Waals surface area contributed by atoms with E-state index in [1.54, 1.807) is 0 Å². The minimum atomic E-state index is 0.108. The Morgan fingerprint density at radius 2 is 1.95 bits per heavy atom. The molecule has 1 aliphatic carbocycles. The third kappa shape index (κ3) is 4.42. The van der Waals surface area contributed by atoms with Gasteiger partial charge in [-0.3, -0.25) is 0 Å². The number of ether oxygens (including phenoxy) is 3. The molecular formula is C16H29NO3. The molecule has 20 heavy (non-hydrogen) atoms. The summed E-state index contributed by atoms with van der Waals surface area (Å²) in [4.78, 5) is 0. The molecule has 2 heterocycles. The van der Waals surface area contributed by atoms with E-state index in [2.05, 4.69) is 5.32 Å². The van der Waals surface area contributed by atoms with Crippen LogP contribution in [0.15, 0.2) is 0 Å². The summed E-state index contributed by atoms with van der Waals surface area (Å²) in [6.07, 6.45) is 8.31. The van der Waals surface area contributed by atoms with Crippen molar-refractivity contribution in [3.8, 4) is 0 Å². The Morgan fingerprint density at radius 3 is 2.75 bits per heavy atom. The van der Waals surface area contributed by atoms with Gasteiger partial charge in [-0.1, -0.05) is 0 Å².